The zero-order valence-corrected chi connectivity index (χ0v) is 9.94. The number of rotatable bonds is 5. The van der Waals surface area contributed by atoms with Crippen molar-refractivity contribution in [3.8, 4) is 0 Å². The summed E-state index contributed by atoms with van der Waals surface area (Å²) in [4.78, 5) is 11.6. The van der Waals surface area contributed by atoms with E-state index < -0.39 is 18.6 Å². The van der Waals surface area contributed by atoms with Crippen LogP contribution < -0.4 is 10.6 Å². The smallest absolute Gasteiger partial charge is 0.352 e. The fourth-order valence-corrected chi connectivity index (χ4v) is 1.92. The van der Waals surface area contributed by atoms with Gasteiger partial charge in [-0.05, 0) is 19.8 Å². The number of hydrogen-bond donors (Lipinski definition) is 2. The number of halogens is 3. The van der Waals surface area contributed by atoms with Gasteiger partial charge in [0.15, 0.2) is 0 Å². The van der Waals surface area contributed by atoms with E-state index in [1.807, 2.05) is 0 Å². The minimum atomic E-state index is -4.17. The molecule has 100 valence electrons. The Hall–Kier alpha value is -0.780. The standard InChI is InChI=1S/C11H19F3N2O/c1-8(15-7-6-11(12,13)14)10(17)16-9-4-2-3-5-9/h8-9,15H,2-7H2,1H3,(H,16,17). The molecule has 0 aromatic carbocycles. The molecule has 1 unspecified atom stereocenters. The average molecular weight is 252 g/mol. The topological polar surface area (TPSA) is 41.1 Å². The summed E-state index contributed by atoms with van der Waals surface area (Å²) in [7, 11) is 0. The first-order chi connectivity index (χ1) is 7.88. The Labute approximate surface area is 99.1 Å². The molecular weight excluding hydrogens is 233 g/mol. The highest BCUT2D eigenvalue weighted by Gasteiger charge is 2.27. The summed E-state index contributed by atoms with van der Waals surface area (Å²) in [5.41, 5.74) is 0. The van der Waals surface area contributed by atoms with Crippen LogP contribution in [0.3, 0.4) is 0 Å². The van der Waals surface area contributed by atoms with Crippen molar-refractivity contribution in [2.24, 2.45) is 0 Å². The fraction of sp³-hybridized carbons (Fsp3) is 0.909. The van der Waals surface area contributed by atoms with E-state index >= 15 is 0 Å². The SMILES string of the molecule is CC(NCCC(F)(F)F)C(=O)NC1CCCC1. The first-order valence-electron chi connectivity index (χ1n) is 5.99. The highest BCUT2D eigenvalue weighted by atomic mass is 19.4. The number of carbonyl (C=O) groups excluding carboxylic acids is 1. The third-order valence-electron chi connectivity index (χ3n) is 2.95. The Kier molecular flexibility index (Phi) is 5.24. The van der Waals surface area contributed by atoms with Gasteiger partial charge in [-0.15, -0.1) is 0 Å². The van der Waals surface area contributed by atoms with E-state index in [-0.39, 0.29) is 18.5 Å². The second-order valence-corrected chi connectivity index (χ2v) is 4.53. The molecule has 1 aliphatic carbocycles. The molecule has 6 heteroatoms. The first kappa shape index (κ1) is 14.3. The molecule has 0 aromatic heterocycles. The lowest BCUT2D eigenvalue weighted by atomic mass is 10.2. The lowest BCUT2D eigenvalue weighted by Crippen LogP contribution is -2.46. The van der Waals surface area contributed by atoms with Crippen LogP contribution in [-0.2, 0) is 4.79 Å². The van der Waals surface area contributed by atoms with Gasteiger partial charge >= 0.3 is 6.18 Å². The highest BCUT2D eigenvalue weighted by molar-refractivity contribution is 5.81. The first-order valence-corrected chi connectivity index (χ1v) is 5.99. The van der Waals surface area contributed by atoms with Crippen molar-refractivity contribution in [1.82, 2.24) is 10.6 Å². The number of carbonyl (C=O) groups is 1. The third kappa shape index (κ3) is 5.91. The molecule has 2 N–H and O–H groups in total. The van der Waals surface area contributed by atoms with E-state index in [1.165, 1.54) is 0 Å². The van der Waals surface area contributed by atoms with Crippen molar-refractivity contribution in [3.05, 3.63) is 0 Å². The van der Waals surface area contributed by atoms with E-state index in [2.05, 4.69) is 10.6 Å². The molecule has 1 rings (SSSR count). The molecule has 0 saturated heterocycles. The van der Waals surface area contributed by atoms with E-state index in [0.717, 1.165) is 25.7 Å². The summed E-state index contributed by atoms with van der Waals surface area (Å²) < 4.78 is 35.7. The summed E-state index contributed by atoms with van der Waals surface area (Å²) >= 11 is 0. The van der Waals surface area contributed by atoms with Crippen LogP contribution in [0.1, 0.15) is 39.0 Å². The number of hydrogen-bond acceptors (Lipinski definition) is 2. The summed E-state index contributed by atoms with van der Waals surface area (Å²) in [6.07, 6.45) is -0.910. The van der Waals surface area contributed by atoms with Crippen molar-refractivity contribution in [2.75, 3.05) is 6.54 Å². The molecule has 1 saturated carbocycles. The molecule has 1 fully saturated rings. The van der Waals surface area contributed by atoms with Crippen LogP contribution in [-0.4, -0.2) is 30.7 Å². The van der Waals surface area contributed by atoms with Crippen LogP contribution in [0.25, 0.3) is 0 Å². The maximum absolute atomic E-state index is 11.9. The lowest BCUT2D eigenvalue weighted by molar-refractivity contribution is -0.135. The molecule has 0 spiro atoms. The third-order valence-corrected chi connectivity index (χ3v) is 2.95. The average Bonchev–Trinajstić information content (AvgIpc) is 2.68. The Morgan fingerprint density at radius 1 is 1.35 bits per heavy atom. The lowest BCUT2D eigenvalue weighted by Gasteiger charge is -2.18. The summed E-state index contributed by atoms with van der Waals surface area (Å²) in [5.74, 6) is -0.209. The van der Waals surface area contributed by atoms with Gasteiger partial charge in [0.25, 0.3) is 0 Å². The molecule has 0 radical (unpaired) electrons. The minimum Gasteiger partial charge on any atom is -0.352 e. The van der Waals surface area contributed by atoms with Crippen molar-refractivity contribution < 1.29 is 18.0 Å². The molecule has 1 aliphatic rings. The van der Waals surface area contributed by atoms with Crippen molar-refractivity contribution >= 4 is 5.91 Å². The monoisotopic (exact) mass is 252 g/mol. The molecule has 1 atom stereocenters. The molecule has 1 amide bonds. The van der Waals surface area contributed by atoms with Crippen LogP contribution >= 0.6 is 0 Å². The summed E-state index contributed by atoms with van der Waals surface area (Å²) in [6.45, 7) is 1.36. The zero-order valence-electron chi connectivity index (χ0n) is 9.94. The van der Waals surface area contributed by atoms with Crippen LogP contribution in [0.15, 0.2) is 0 Å². The number of alkyl halides is 3. The summed E-state index contributed by atoms with van der Waals surface area (Å²) in [5, 5.41) is 5.42. The van der Waals surface area contributed by atoms with Gasteiger partial charge < -0.3 is 10.6 Å². The maximum Gasteiger partial charge on any atom is 0.390 e. The van der Waals surface area contributed by atoms with Gasteiger partial charge in [-0.3, -0.25) is 4.79 Å². The highest BCUT2D eigenvalue weighted by Crippen LogP contribution is 2.19. The zero-order chi connectivity index (χ0) is 12.9. The Morgan fingerprint density at radius 3 is 2.47 bits per heavy atom. The van der Waals surface area contributed by atoms with Gasteiger partial charge in [0, 0.05) is 12.6 Å². The molecule has 0 heterocycles. The predicted octanol–water partition coefficient (Wildman–Crippen LogP) is 1.98. The predicted molar refractivity (Wildman–Crippen MR) is 58.5 cm³/mol. The van der Waals surface area contributed by atoms with Crippen LogP contribution in [0, 0.1) is 0 Å². The molecule has 17 heavy (non-hydrogen) atoms. The number of nitrogens with one attached hydrogen (secondary N) is 2. The fourth-order valence-electron chi connectivity index (χ4n) is 1.92. The quantitative estimate of drug-likeness (QED) is 0.785. The Morgan fingerprint density at radius 2 is 1.94 bits per heavy atom. The van der Waals surface area contributed by atoms with E-state index in [9.17, 15) is 18.0 Å². The van der Waals surface area contributed by atoms with E-state index in [0.29, 0.717) is 0 Å². The van der Waals surface area contributed by atoms with Gasteiger partial charge in [0.05, 0.1) is 12.5 Å². The van der Waals surface area contributed by atoms with Gasteiger partial charge in [-0.1, -0.05) is 12.8 Å². The van der Waals surface area contributed by atoms with Crippen LogP contribution in [0.5, 0.6) is 0 Å². The second kappa shape index (κ2) is 6.23. The van der Waals surface area contributed by atoms with Crippen LogP contribution in [0.2, 0.25) is 0 Å². The molecular formula is C11H19F3N2O. The molecule has 0 aromatic rings. The Balaban J connectivity index is 2.17. The van der Waals surface area contributed by atoms with E-state index in [4.69, 9.17) is 0 Å². The van der Waals surface area contributed by atoms with Gasteiger partial charge in [0.1, 0.15) is 0 Å². The summed E-state index contributed by atoms with van der Waals surface area (Å²) in [6, 6.07) is -0.368. The van der Waals surface area contributed by atoms with Gasteiger partial charge in [-0.25, -0.2) is 0 Å². The maximum atomic E-state index is 11.9. The van der Waals surface area contributed by atoms with Crippen molar-refractivity contribution in [3.63, 3.8) is 0 Å². The largest absolute Gasteiger partial charge is 0.390 e. The molecule has 3 nitrogen and oxygen atoms in total. The van der Waals surface area contributed by atoms with Crippen LogP contribution in [0.4, 0.5) is 13.2 Å². The van der Waals surface area contributed by atoms with Gasteiger partial charge in [0.2, 0.25) is 5.91 Å². The van der Waals surface area contributed by atoms with Crippen molar-refractivity contribution in [1.29, 1.82) is 0 Å². The number of amides is 1. The normalized spacial score (nSPS) is 19.3. The molecule has 0 aliphatic heterocycles. The minimum absolute atomic E-state index is 0.203. The van der Waals surface area contributed by atoms with E-state index in [1.54, 1.807) is 6.92 Å². The second-order valence-electron chi connectivity index (χ2n) is 4.53. The Bertz CT molecular complexity index is 250. The van der Waals surface area contributed by atoms with Crippen molar-refractivity contribution in [2.45, 2.75) is 57.3 Å². The van der Waals surface area contributed by atoms with Gasteiger partial charge in [-0.2, -0.15) is 13.2 Å². The molecule has 0 bridgehead atoms.